The molecular weight excluding hydrogens is 372 g/mol. The fourth-order valence-electron chi connectivity index (χ4n) is 4.66. The molecule has 0 heterocycles. The average Bonchev–Trinajstić information content (AvgIpc) is 2.89. The second-order valence-electron chi connectivity index (χ2n) is 9.09. The van der Waals surface area contributed by atoms with Gasteiger partial charge in [-0.25, -0.2) is 13.1 Å². The van der Waals surface area contributed by atoms with E-state index >= 15 is 0 Å². The molecule has 0 saturated heterocycles. The first kappa shape index (κ1) is 21.3. The highest BCUT2D eigenvalue weighted by Crippen LogP contribution is 2.40. The molecule has 0 aliphatic heterocycles. The minimum atomic E-state index is -3.25. The van der Waals surface area contributed by atoms with Crippen LogP contribution in [-0.2, 0) is 21.2 Å². The maximum Gasteiger partial charge on any atom is 0.227 e. The Morgan fingerprint density at radius 3 is 2.36 bits per heavy atom. The Morgan fingerprint density at radius 2 is 1.75 bits per heavy atom. The van der Waals surface area contributed by atoms with E-state index in [1.807, 2.05) is 0 Å². The zero-order valence-corrected chi connectivity index (χ0v) is 18.5. The van der Waals surface area contributed by atoms with Crippen LogP contribution in [0.15, 0.2) is 12.1 Å². The Bertz CT molecular complexity index is 840. The molecule has 2 aliphatic rings. The van der Waals surface area contributed by atoms with E-state index in [9.17, 15) is 13.2 Å². The molecule has 1 saturated carbocycles. The van der Waals surface area contributed by atoms with Crippen molar-refractivity contribution < 1.29 is 13.2 Å². The van der Waals surface area contributed by atoms with Crippen LogP contribution in [0.5, 0.6) is 0 Å². The first-order valence-electron chi connectivity index (χ1n) is 10.5. The third kappa shape index (κ3) is 4.43. The Morgan fingerprint density at radius 1 is 1.11 bits per heavy atom. The number of benzene rings is 1. The smallest absolute Gasteiger partial charge is 0.227 e. The van der Waals surface area contributed by atoms with Gasteiger partial charge in [0.25, 0.3) is 0 Å². The highest BCUT2D eigenvalue weighted by molar-refractivity contribution is 7.90. The largest absolute Gasteiger partial charge is 0.326 e. The van der Waals surface area contributed by atoms with Crippen LogP contribution in [0.4, 0.5) is 5.69 Å². The zero-order valence-electron chi connectivity index (χ0n) is 17.7. The minimum Gasteiger partial charge on any atom is -0.326 e. The summed E-state index contributed by atoms with van der Waals surface area (Å²) < 4.78 is 26.9. The number of anilines is 1. The Balaban J connectivity index is 1.59. The molecule has 2 atom stereocenters. The number of amides is 1. The summed E-state index contributed by atoms with van der Waals surface area (Å²) in [6.45, 7) is 10.1. The highest BCUT2D eigenvalue weighted by Gasteiger charge is 2.31. The van der Waals surface area contributed by atoms with E-state index < -0.39 is 15.3 Å². The van der Waals surface area contributed by atoms with E-state index in [0.717, 1.165) is 24.9 Å². The van der Waals surface area contributed by atoms with Gasteiger partial charge in [-0.2, -0.15) is 0 Å². The van der Waals surface area contributed by atoms with E-state index in [1.54, 1.807) is 13.8 Å². The summed E-state index contributed by atoms with van der Waals surface area (Å²) in [5.41, 5.74) is 4.96. The summed E-state index contributed by atoms with van der Waals surface area (Å²) in [5, 5.41) is 2.69. The molecule has 1 aromatic rings. The van der Waals surface area contributed by atoms with Gasteiger partial charge in [0.1, 0.15) is 0 Å². The lowest BCUT2D eigenvalue weighted by Gasteiger charge is -2.29. The summed E-state index contributed by atoms with van der Waals surface area (Å²) in [4.78, 5) is 12.8. The molecular formula is C22H34N2O3S. The van der Waals surface area contributed by atoms with Gasteiger partial charge in [-0.05, 0) is 93.5 Å². The lowest BCUT2D eigenvalue weighted by Crippen LogP contribution is -2.42. The normalized spacial score (nSPS) is 27.6. The quantitative estimate of drug-likeness (QED) is 0.772. The predicted molar refractivity (Wildman–Crippen MR) is 114 cm³/mol. The molecule has 0 radical (unpaired) electrons. The van der Waals surface area contributed by atoms with Crippen molar-refractivity contribution in [2.75, 3.05) is 5.32 Å². The third-order valence-electron chi connectivity index (χ3n) is 6.64. The fraction of sp³-hybridized carbons (Fsp3) is 0.682. The number of hydrogen-bond acceptors (Lipinski definition) is 3. The standard InChI is InChI=1S/C22H34N2O3S/c1-13(2)28(26,27)24-19-8-6-17(7-9-19)22(25)23-20-11-15(4)21-16(5)14(3)10-18(21)12-20/h11-14,16-17,19,24H,6-10H2,1-5H3,(H,23,25). The molecule has 156 valence electrons. The first-order valence-corrected chi connectivity index (χ1v) is 12.1. The number of nitrogens with one attached hydrogen (secondary N) is 2. The lowest BCUT2D eigenvalue weighted by molar-refractivity contribution is -0.120. The second-order valence-corrected chi connectivity index (χ2v) is 11.4. The lowest BCUT2D eigenvalue weighted by atomic mass is 9.86. The van der Waals surface area contributed by atoms with Crippen molar-refractivity contribution in [1.29, 1.82) is 0 Å². The molecule has 0 aromatic heterocycles. The van der Waals surface area contributed by atoms with Crippen LogP contribution in [0.3, 0.4) is 0 Å². The number of carbonyl (C=O) groups excluding carboxylic acids is 1. The molecule has 5 nitrogen and oxygen atoms in total. The van der Waals surface area contributed by atoms with E-state index in [-0.39, 0.29) is 17.9 Å². The zero-order chi connectivity index (χ0) is 20.6. The number of fused-ring (bicyclic) bond motifs is 1. The van der Waals surface area contributed by atoms with Gasteiger partial charge in [0.15, 0.2) is 0 Å². The Hall–Kier alpha value is -1.40. The van der Waals surface area contributed by atoms with Crippen molar-refractivity contribution in [2.45, 2.75) is 83.9 Å². The predicted octanol–water partition coefficient (Wildman–Crippen LogP) is 4.12. The number of rotatable bonds is 5. The van der Waals surface area contributed by atoms with Crippen LogP contribution in [-0.4, -0.2) is 25.6 Å². The summed E-state index contributed by atoms with van der Waals surface area (Å²) >= 11 is 0. The number of sulfonamides is 1. The van der Waals surface area contributed by atoms with Gasteiger partial charge in [-0.1, -0.05) is 13.8 Å². The van der Waals surface area contributed by atoms with Crippen molar-refractivity contribution in [3.63, 3.8) is 0 Å². The van der Waals surface area contributed by atoms with Crippen molar-refractivity contribution in [3.8, 4) is 0 Å². The van der Waals surface area contributed by atoms with E-state index in [2.05, 4.69) is 42.9 Å². The summed E-state index contributed by atoms with van der Waals surface area (Å²) in [5.74, 6) is 1.23. The van der Waals surface area contributed by atoms with Crippen LogP contribution in [0.2, 0.25) is 0 Å². The minimum absolute atomic E-state index is 0.0498. The third-order valence-corrected chi connectivity index (χ3v) is 8.54. The molecule has 0 bridgehead atoms. The second kappa shape index (κ2) is 8.15. The van der Waals surface area contributed by atoms with E-state index in [1.165, 1.54) is 16.7 Å². The molecule has 28 heavy (non-hydrogen) atoms. The molecule has 3 rings (SSSR count). The van der Waals surface area contributed by atoms with Crippen molar-refractivity contribution >= 4 is 21.6 Å². The van der Waals surface area contributed by atoms with Crippen molar-refractivity contribution in [3.05, 3.63) is 28.8 Å². The number of hydrogen-bond donors (Lipinski definition) is 2. The van der Waals surface area contributed by atoms with Crippen LogP contribution in [0.1, 0.15) is 76.0 Å². The first-order chi connectivity index (χ1) is 13.1. The van der Waals surface area contributed by atoms with E-state index in [4.69, 9.17) is 0 Å². The van der Waals surface area contributed by atoms with Crippen LogP contribution in [0.25, 0.3) is 0 Å². The van der Waals surface area contributed by atoms with E-state index in [0.29, 0.717) is 24.7 Å². The van der Waals surface area contributed by atoms with Crippen LogP contribution >= 0.6 is 0 Å². The van der Waals surface area contributed by atoms with Gasteiger partial charge >= 0.3 is 0 Å². The summed E-state index contributed by atoms with van der Waals surface area (Å²) in [6, 6.07) is 4.18. The summed E-state index contributed by atoms with van der Waals surface area (Å²) in [7, 11) is -3.25. The van der Waals surface area contributed by atoms with Gasteiger partial charge in [-0.3, -0.25) is 4.79 Å². The Labute approximate surface area is 169 Å². The molecule has 1 aromatic carbocycles. The molecule has 1 amide bonds. The SMILES string of the molecule is Cc1cc(NC(=O)C2CCC(NS(=O)(=O)C(C)C)CC2)cc2c1C(C)C(C)C2. The van der Waals surface area contributed by atoms with Gasteiger partial charge < -0.3 is 5.32 Å². The highest BCUT2D eigenvalue weighted by atomic mass is 32.2. The topological polar surface area (TPSA) is 75.3 Å². The van der Waals surface area contributed by atoms with Crippen LogP contribution in [0, 0.1) is 18.8 Å². The monoisotopic (exact) mass is 406 g/mol. The summed E-state index contributed by atoms with van der Waals surface area (Å²) in [6.07, 6.45) is 3.93. The molecule has 2 aliphatic carbocycles. The van der Waals surface area contributed by atoms with Crippen molar-refractivity contribution in [1.82, 2.24) is 4.72 Å². The molecule has 1 fully saturated rings. The fourth-order valence-corrected chi connectivity index (χ4v) is 5.63. The number of carbonyl (C=O) groups is 1. The average molecular weight is 407 g/mol. The number of aryl methyl sites for hydroxylation is 1. The van der Waals surface area contributed by atoms with Gasteiger partial charge in [0.2, 0.25) is 15.9 Å². The van der Waals surface area contributed by atoms with Gasteiger partial charge in [0, 0.05) is 17.6 Å². The maximum absolute atomic E-state index is 12.8. The Kier molecular flexibility index (Phi) is 6.20. The molecule has 0 spiro atoms. The van der Waals surface area contributed by atoms with Crippen LogP contribution < -0.4 is 10.0 Å². The molecule has 6 heteroatoms. The van der Waals surface area contributed by atoms with Crippen molar-refractivity contribution in [2.24, 2.45) is 11.8 Å². The maximum atomic E-state index is 12.8. The van der Waals surface area contributed by atoms with Gasteiger partial charge in [0.05, 0.1) is 5.25 Å². The van der Waals surface area contributed by atoms with Gasteiger partial charge in [-0.15, -0.1) is 0 Å². The molecule has 2 unspecified atom stereocenters. The molecule has 2 N–H and O–H groups in total.